The molecule has 0 atom stereocenters. The summed E-state index contributed by atoms with van der Waals surface area (Å²) in [6.07, 6.45) is 0.865. The van der Waals surface area contributed by atoms with Crippen LogP contribution in [0.4, 0.5) is 0 Å². The van der Waals surface area contributed by atoms with Crippen LogP contribution >= 0.6 is 11.3 Å². The third-order valence-electron chi connectivity index (χ3n) is 3.28. The number of nitrogens with two attached hydrogens (primary N) is 1. The zero-order chi connectivity index (χ0) is 14.0. The van der Waals surface area contributed by atoms with Gasteiger partial charge in [-0.3, -0.25) is 0 Å². The summed E-state index contributed by atoms with van der Waals surface area (Å²) in [4.78, 5) is 4.66. The van der Waals surface area contributed by atoms with Gasteiger partial charge in [0.2, 0.25) is 0 Å². The number of hydrogen-bond acceptors (Lipinski definition) is 3. The van der Waals surface area contributed by atoms with Crippen molar-refractivity contribution in [3.8, 4) is 11.3 Å². The molecule has 0 spiro atoms. The summed E-state index contributed by atoms with van der Waals surface area (Å²) < 4.78 is 0. The van der Waals surface area contributed by atoms with Gasteiger partial charge in [0.1, 0.15) is 0 Å². The van der Waals surface area contributed by atoms with Crippen LogP contribution in [0.3, 0.4) is 0 Å². The van der Waals surface area contributed by atoms with Crippen LogP contribution in [0.2, 0.25) is 0 Å². The van der Waals surface area contributed by atoms with E-state index in [0.717, 1.165) is 17.1 Å². The second-order valence-electron chi connectivity index (χ2n) is 5.94. The maximum atomic E-state index is 5.57. The predicted molar refractivity (Wildman–Crippen MR) is 83.7 cm³/mol. The molecule has 102 valence electrons. The Labute approximate surface area is 119 Å². The summed E-state index contributed by atoms with van der Waals surface area (Å²) in [6, 6.07) is 6.68. The first-order chi connectivity index (χ1) is 8.91. The Bertz CT molecular complexity index is 564. The maximum absolute atomic E-state index is 5.57. The lowest BCUT2D eigenvalue weighted by Gasteiger charge is -2.20. The summed E-state index contributed by atoms with van der Waals surface area (Å²) >= 11 is 1.70. The van der Waals surface area contributed by atoms with Crippen LogP contribution in [0.1, 0.15) is 36.9 Å². The van der Waals surface area contributed by atoms with Crippen molar-refractivity contribution in [3.63, 3.8) is 0 Å². The normalized spacial score (nSPS) is 11.8. The summed E-state index contributed by atoms with van der Waals surface area (Å²) in [6.45, 7) is 9.54. The monoisotopic (exact) mass is 274 g/mol. The fourth-order valence-electron chi connectivity index (χ4n) is 2.09. The van der Waals surface area contributed by atoms with Gasteiger partial charge >= 0.3 is 0 Å². The molecule has 2 N–H and O–H groups in total. The number of thiazole rings is 1. The lowest BCUT2D eigenvalue weighted by Crippen LogP contribution is -2.11. The molecule has 1 heterocycles. The van der Waals surface area contributed by atoms with Crippen LogP contribution in [0.15, 0.2) is 23.6 Å². The molecule has 0 saturated carbocycles. The van der Waals surface area contributed by atoms with Gasteiger partial charge in [0.05, 0.1) is 10.7 Å². The quantitative estimate of drug-likeness (QED) is 0.921. The van der Waals surface area contributed by atoms with Crippen LogP contribution in [-0.2, 0) is 11.8 Å². The summed E-state index contributed by atoms with van der Waals surface area (Å²) in [5.74, 6) is 0. The van der Waals surface area contributed by atoms with Gasteiger partial charge in [-0.1, -0.05) is 39.0 Å². The number of aromatic nitrogens is 1. The average molecular weight is 274 g/mol. The Balaban J connectivity index is 2.35. The molecule has 0 aliphatic rings. The summed E-state index contributed by atoms with van der Waals surface area (Å²) in [5, 5.41) is 3.25. The Hall–Kier alpha value is -1.19. The molecule has 0 fully saturated rings. The van der Waals surface area contributed by atoms with Crippen molar-refractivity contribution in [1.82, 2.24) is 4.98 Å². The van der Waals surface area contributed by atoms with E-state index >= 15 is 0 Å². The predicted octanol–water partition coefficient (Wildman–Crippen LogP) is 3.92. The molecule has 2 aromatic rings. The topological polar surface area (TPSA) is 38.9 Å². The largest absolute Gasteiger partial charge is 0.330 e. The second kappa shape index (κ2) is 5.43. The standard InChI is InChI=1S/C16H22N2S/c1-11-9-12(16(2,3)4)5-6-13(11)14-10-19-15(18-14)7-8-17/h5-6,9-10H,7-8,17H2,1-4H3. The van der Waals surface area contributed by atoms with Gasteiger partial charge in [-0.05, 0) is 30.0 Å². The highest BCUT2D eigenvalue weighted by molar-refractivity contribution is 7.09. The highest BCUT2D eigenvalue weighted by atomic mass is 32.1. The first-order valence-corrected chi connectivity index (χ1v) is 7.56. The molecular formula is C16H22N2S. The van der Waals surface area contributed by atoms with Gasteiger partial charge in [-0.2, -0.15) is 0 Å². The van der Waals surface area contributed by atoms with E-state index in [1.54, 1.807) is 11.3 Å². The fraction of sp³-hybridized carbons (Fsp3) is 0.438. The van der Waals surface area contributed by atoms with Crippen LogP contribution < -0.4 is 5.73 Å². The maximum Gasteiger partial charge on any atom is 0.0945 e. The van der Waals surface area contributed by atoms with E-state index in [2.05, 4.69) is 56.3 Å². The van der Waals surface area contributed by atoms with Crippen LogP contribution in [0, 0.1) is 6.92 Å². The molecule has 2 nitrogen and oxygen atoms in total. The molecular weight excluding hydrogens is 252 g/mol. The number of nitrogens with zero attached hydrogens (tertiary/aromatic N) is 1. The summed E-state index contributed by atoms with van der Waals surface area (Å²) in [5.41, 5.74) is 10.7. The lowest BCUT2D eigenvalue weighted by molar-refractivity contribution is 0.590. The Morgan fingerprint density at radius 2 is 2.00 bits per heavy atom. The number of aryl methyl sites for hydroxylation is 1. The van der Waals surface area contributed by atoms with Crippen molar-refractivity contribution >= 4 is 11.3 Å². The van der Waals surface area contributed by atoms with E-state index in [4.69, 9.17) is 5.73 Å². The van der Waals surface area contributed by atoms with Crippen LogP contribution in [-0.4, -0.2) is 11.5 Å². The molecule has 3 heteroatoms. The Morgan fingerprint density at radius 1 is 1.26 bits per heavy atom. The van der Waals surface area contributed by atoms with Crippen molar-refractivity contribution in [2.45, 2.75) is 39.5 Å². The van der Waals surface area contributed by atoms with Gasteiger partial charge in [0.25, 0.3) is 0 Å². The lowest BCUT2D eigenvalue weighted by atomic mass is 9.85. The van der Waals surface area contributed by atoms with Crippen LogP contribution in [0.5, 0.6) is 0 Å². The molecule has 0 amide bonds. The minimum atomic E-state index is 0.191. The molecule has 0 saturated heterocycles. The van der Waals surface area contributed by atoms with Gasteiger partial charge in [-0.25, -0.2) is 4.98 Å². The molecule has 1 aromatic carbocycles. The minimum absolute atomic E-state index is 0.191. The third kappa shape index (κ3) is 3.23. The van der Waals surface area contributed by atoms with Crippen molar-refractivity contribution in [3.05, 3.63) is 39.7 Å². The molecule has 1 aromatic heterocycles. The molecule has 0 unspecified atom stereocenters. The molecule has 0 bridgehead atoms. The first kappa shape index (κ1) is 14.2. The highest BCUT2D eigenvalue weighted by Gasteiger charge is 2.15. The van der Waals surface area contributed by atoms with E-state index in [1.165, 1.54) is 16.7 Å². The Kier molecular flexibility index (Phi) is 4.07. The van der Waals surface area contributed by atoms with Gasteiger partial charge < -0.3 is 5.73 Å². The number of benzene rings is 1. The average Bonchev–Trinajstić information content (AvgIpc) is 2.76. The first-order valence-electron chi connectivity index (χ1n) is 6.68. The SMILES string of the molecule is Cc1cc(C(C)(C)C)ccc1-c1csc(CCN)n1. The van der Waals surface area contributed by atoms with Crippen LogP contribution in [0.25, 0.3) is 11.3 Å². The molecule has 2 rings (SSSR count). The zero-order valence-corrected chi connectivity index (χ0v) is 13.0. The summed E-state index contributed by atoms with van der Waals surface area (Å²) in [7, 11) is 0. The van der Waals surface area contributed by atoms with Crippen molar-refractivity contribution in [2.24, 2.45) is 5.73 Å². The van der Waals surface area contributed by atoms with Gasteiger partial charge in [0.15, 0.2) is 0 Å². The van der Waals surface area contributed by atoms with E-state index < -0.39 is 0 Å². The number of rotatable bonds is 3. The second-order valence-corrected chi connectivity index (χ2v) is 6.89. The Morgan fingerprint density at radius 3 is 2.58 bits per heavy atom. The number of hydrogen-bond donors (Lipinski definition) is 1. The zero-order valence-electron chi connectivity index (χ0n) is 12.2. The van der Waals surface area contributed by atoms with Crippen molar-refractivity contribution in [2.75, 3.05) is 6.54 Å². The van der Waals surface area contributed by atoms with E-state index in [9.17, 15) is 0 Å². The third-order valence-corrected chi connectivity index (χ3v) is 4.19. The fourth-order valence-corrected chi connectivity index (χ4v) is 2.90. The van der Waals surface area contributed by atoms with E-state index in [0.29, 0.717) is 6.54 Å². The van der Waals surface area contributed by atoms with Crippen molar-refractivity contribution in [1.29, 1.82) is 0 Å². The molecule has 0 radical (unpaired) electrons. The minimum Gasteiger partial charge on any atom is -0.330 e. The van der Waals surface area contributed by atoms with E-state index in [-0.39, 0.29) is 5.41 Å². The smallest absolute Gasteiger partial charge is 0.0945 e. The molecule has 0 aliphatic heterocycles. The van der Waals surface area contributed by atoms with Crippen molar-refractivity contribution < 1.29 is 0 Å². The molecule has 0 aliphatic carbocycles. The van der Waals surface area contributed by atoms with E-state index in [1.807, 2.05) is 0 Å². The highest BCUT2D eigenvalue weighted by Crippen LogP contribution is 2.30. The van der Waals surface area contributed by atoms with Gasteiger partial charge in [0, 0.05) is 17.4 Å². The molecule has 19 heavy (non-hydrogen) atoms. The van der Waals surface area contributed by atoms with Gasteiger partial charge in [-0.15, -0.1) is 11.3 Å².